The molecule has 0 aromatic heterocycles. The fourth-order valence-electron chi connectivity index (χ4n) is 2.53. The first-order chi connectivity index (χ1) is 13.2. The summed E-state index contributed by atoms with van der Waals surface area (Å²) in [6.07, 6.45) is -5.66. The van der Waals surface area contributed by atoms with Crippen molar-refractivity contribution in [2.24, 2.45) is 0 Å². The molecule has 1 atom stereocenters. The highest BCUT2D eigenvalue weighted by Crippen LogP contribution is 2.34. The van der Waals surface area contributed by atoms with Crippen LogP contribution in [0.3, 0.4) is 0 Å². The number of rotatable bonds is 7. The minimum absolute atomic E-state index is 0.0151. The van der Waals surface area contributed by atoms with Crippen molar-refractivity contribution in [3.05, 3.63) is 52.5 Å². The maximum absolute atomic E-state index is 12.8. The zero-order chi connectivity index (χ0) is 20.9. The third-order valence-corrected chi connectivity index (χ3v) is 4.34. The van der Waals surface area contributed by atoms with Gasteiger partial charge in [-0.2, -0.15) is 13.2 Å². The lowest BCUT2D eigenvalue weighted by Gasteiger charge is -2.16. The largest absolute Gasteiger partial charge is 0.497 e. The number of aliphatic hydroxyl groups is 1. The van der Waals surface area contributed by atoms with Crippen molar-refractivity contribution >= 4 is 23.2 Å². The molecule has 2 aromatic rings. The second-order valence-electron chi connectivity index (χ2n) is 5.90. The van der Waals surface area contributed by atoms with Crippen LogP contribution in [0.5, 0.6) is 11.5 Å². The molecule has 0 heterocycles. The van der Waals surface area contributed by atoms with E-state index in [-0.39, 0.29) is 23.6 Å². The fourth-order valence-corrected chi connectivity index (χ4v) is 2.69. The van der Waals surface area contributed by atoms with Crippen molar-refractivity contribution in [1.82, 2.24) is 0 Å². The van der Waals surface area contributed by atoms with E-state index in [0.29, 0.717) is 17.1 Å². The molecular weight excluding hydrogens is 399 g/mol. The van der Waals surface area contributed by atoms with Crippen molar-refractivity contribution < 1.29 is 32.5 Å². The molecule has 0 bridgehead atoms. The summed E-state index contributed by atoms with van der Waals surface area (Å²) in [5.74, 6) is 0.366. The van der Waals surface area contributed by atoms with Crippen LogP contribution in [-0.2, 0) is 11.0 Å². The molecule has 0 fully saturated rings. The van der Waals surface area contributed by atoms with E-state index in [2.05, 4.69) is 5.32 Å². The number of carbonyl (C=O) groups is 1. The van der Waals surface area contributed by atoms with Gasteiger partial charge in [0.25, 0.3) is 0 Å². The Morgan fingerprint density at radius 1 is 1.18 bits per heavy atom. The maximum Gasteiger partial charge on any atom is 0.416 e. The van der Waals surface area contributed by atoms with Crippen LogP contribution in [-0.4, -0.2) is 25.2 Å². The normalized spacial score (nSPS) is 12.4. The van der Waals surface area contributed by atoms with Gasteiger partial charge < -0.3 is 19.9 Å². The smallest absolute Gasteiger partial charge is 0.416 e. The molecule has 1 amide bonds. The Bertz CT molecular complexity index is 842. The van der Waals surface area contributed by atoms with Gasteiger partial charge in [-0.1, -0.05) is 11.6 Å². The number of halogens is 4. The van der Waals surface area contributed by atoms with Crippen molar-refractivity contribution in [1.29, 1.82) is 0 Å². The Morgan fingerprint density at radius 3 is 2.50 bits per heavy atom. The molecule has 1 unspecified atom stereocenters. The standard InChI is InChI=1S/C19H19ClF3NO4/c1-27-12-4-5-13(17(10-12)28-2)16(25)7-8-18(26)24-15-9-11(19(21,22)23)3-6-14(15)20/h3-6,9-10,16,25H,7-8H2,1-2H3,(H,24,26). The van der Waals surface area contributed by atoms with E-state index < -0.39 is 23.8 Å². The average Bonchev–Trinajstić information content (AvgIpc) is 2.66. The summed E-state index contributed by atoms with van der Waals surface area (Å²) in [5.41, 5.74) is -0.596. The van der Waals surface area contributed by atoms with Crippen LogP contribution in [0.25, 0.3) is 0 Å². The number of alkyl halides is 3. The first-order valence-electron chi connectivity index (χ1n) is 8.22. The van der Waals surface area contributed by atoms with Crippen molar-refractivity contribution in [3.63, 3.8) is 0 Å². The number of benzene rings is 2. The Kier molecular flexibility index (Phi) is 7.15. The van der Waals surface area contributed by atoms with Gasteiger partial charge in [0.05, 0.1) is 36.6 Å². The zero-order valence-corrected chi connectivity index (χ0v) is 15.9. The highest BCUT2D eigenvalue weighted by Gasteiger charge is 2.31. The van der Waals surface area contributed by atoms with Gasteiger partial charge in [-0.05, 0) is 36.8 Å². The van der Waals surface area contributed by atoms with E-state index in [1.807, 2.05) is 0 Å². The molecule has 2 rings (SSSR count). The van der Waals surface area contributed by atoms with Crippen LogP contribution in [0.2, 0.25) is 5.02 Å². The van der Waals surface area contributed by atoms with Crippen LogP contribution in [0.4, 0.5) is 18.9 Å². The Labute approximate surface area is 165 Å². The summed E-state index contributed by atoms with van der Waals surface area (Å²) in [4.78, 5) is 12.1. The highest BCUT2D eigenvalue weighted by atomic mass is 35.5. The minimum Gasteiger partial charge on any atom is -0.497 e. The van der Waals surface area contributed by atoms with E-state index in [0.717, 1.165) is 18.2 Å². The van der Waals surface area contributed by atoms with Gasteiger partial charge in [-0.25, -0.2) is 0 Å². The quantitative estimate of drug-likeness (QED) is 0.677. The van der Waals surface area contributed by atoms with Crippen LogP contribution in [0.1, 0.15) is 30.1 Å². The maximum atomic E-state index is 12.8. The Hall–Kier alpha value is -2.45. The molecule has 0 aliphatic rings. The molecule has 0 spiro atoms. The van der Waals surface area contributed by atoms with E-state index >= 15 is 0 Å². The number of hydrogen-bond acceptors (Lipinski definition) is 4. The molecule has 28 heavy (non-hydrogen) atoms. The van der Waals surface area contributed by atoms with Crippen LogP contribution in [0, 0.1) is 0 Å². The van der Waals surface area contributed by atoms with Crippen molar-refractivity contribution in [3.8, 4) is 11.5 Å². The monoisotopic (exact) mass is 417 g/mol. The molecule has 0 radical (unpaired) electrons. The lowest BCUT2D eigenvalue weighted by Crippen LogP contribution is -2.14. The number of amides is 1. The summed E-state index contributed by atoms with van der Waals surface area (Å²) < 4.78 is 48.7. The summed E-state index contributed by atoms with van der Waals surface area (Å²) in [5, 5.41) is 12.7. The molecule has 2 aromatic carbocycles. The molecular formula is C19H19ClF3NO4. The lowest BCUT2D eigenvalue weighted by molar-refractivity contribution is -0.137. The van der Waals surface area contributed by atoms with Crippen LogP contribution < -0.4 is 14.8 Å². The van der Waals surface area contributed by atoms with Crippen molar-refractivity contribution in [2.75, 3.05) is 19.5 Å². The number of aliphatic hydroxyl groups excluding tert-OH is 1. The number of nitrogens with one attached hydrogen (secondary N) is 1. The number of methoxy groups -OCH3 is 2. The second-order valence-corrected chi connectivity index (χ2v) is 6.31. The number of anilines is 1. The van der Waals surface area contributed by atoms with E-state index in [1.165, 1.54) is 14.2 Å². The molecule has 5 nitrogen and oxygen atoms in total. The van der Waals surface area contributed by atoms with Gasteiger partial charge in [0.2, 0.25) is 5.91 Å². The molecule has 0 saturated heterocycles. The first kappa shape index (κ1) is 21.8. The molecule has 152 valence electrons. The summed E-state index contributed by atoms with van der Waals surface area (Å²) in [6.45, 7) is 0. The Balaban J connectivity index is 2.03. The zero-order valence-electron chi connectivity index (χ0n) is 15.1. The van der Waals surface area contributed by atoms with Gasteiger partial charge >= 0.3 is 6.18 Å². The Morgan fingerprint density at radius 2 is 1.89 bits per heavy atom. The minimum atomic E-state index is -4.55. The second kappa shape index (κ2) is 9.16. The van der Waals surface area contributed by atoms with Gasteiger partial charge in [0.15, 0.2) is 0 Å². The van der Waals surface area contributed by atoms with Crippen LogP contribution >= 0.6 is 11.6 Å². The molecule has 9 heteroatoms. The van der Waals surface area contributed by atoms with E-state index in [9.17, 15) is 23.1 Å². The summed E-state index contributed by atoms with van der Waals surface area (Å²) in [7, 11) is 2.93. The van der Waals surface area contributed by atoms with E-state index in [4.69, 9.17) is 21.1 Å². The van der Waals surface area contributed by atoms with Gasteiger partial charge in [0, 0.05) is 18.1 Å². The number of ether oxygens (including phenoxy) is 2. The highest BCUT2D eigenvalue weighted by molar-refractivity contribution is 6.33. The first-order valence-corrected chi connectivity index (χ1v) is 8.60. The third-order valence-electron chi connectivity index (χ3n) is 4.01. The predicted octanol–water partition coefficient (Wildman–Crippen LogP) is 4.83. The van der Waals surface area contributed by atoms with Gasteiger partial charge in [-0.3, -0.25) is 4.79 Å². The average molecular weight is 418 g/mol. The topological polar surface area (TPSA) is 67.8 Å². The molecule has 0 saturated carbocycles. The third kappa shape index (κ3) is 5.53. The lowest BCUT2D eigenvalue weighted by atomic mass is 10.0. The molecule has 0 aliphatic heterocycles. The van der Waals surface area contributed by atoms with Crippen molar-refractivity contribution in [2.45, 2.75) is 25.1 Å². The molecule has 2 N–H and O–H groups in total. The number of carbonyl (C=O) groups excluding carboxylic acids is 1. The van der Waals surface area contributed by atoms with Gasteiger partial charge in [-0.15, -0.1) is 0 Å². The molecule has 0 aliphatic carbocycles. The predicted molar refractivity (Wildman–Crippen MR) is 98.8 cm³/mol. The van der Waals surface area contributed by atoms with Crippen LogP contribution in [0.15, 0.2) is 36.4 Å². The van der Waals surface area contributed by atoms with E-state index in [1.54, 1.807) is 18.2 Å². The van der Waals surface area contributed by atoms with Gasteiger partial charge in [0.1, 0.15) is 11.5 Å². The summed E-state index contributed by atoms with van der Waals surface area (Å²) in [6, 6.07) is 7.52. The fraction of sp³-hybridized carbons (Fsp3) is 0.316. The summed E-state index contributed by atoms with van der Waals surface area (Å²) >= 11 is 5.86. The SMILES string of the molecule is COc1ccc(C(O)CCC(=O)Nc2cc(C(F)(F)F)ccc2Cl)c(OC)c1. The number of hydrogen-bond donors (Lipinski definition) is 2.